The van der Waals surface area contributed by atoms with Crippen LogP contribution in [0.3, 0.4) is 0 Å². The van der Waals surface area contributed by atoms with Crippen molar-refractivity contribution in [1.29, 1.82) is 0 Å². The maximum Gasteiger partial charge on any atom is 0.338 e. The summed E-state index contributed by atoms with van der Waals surface area (Å²) in [5, 5.41) is 11.0. The fourth-order valence-electron chi connectivity index (χ4n) is 3.40. The van der Waals surface area contributed by atoms with Crippen molar-refractivity contribution in [2.24, 2.45) is 5.73 Å². The van der Waals surface area contributed by atoms with Gasteiger partial charge in [-0.1, -0.05) is 23.9 Å². The highest BCUT2D eigenvalue weighted by atomic mass is 32.2. The second-order valence-corrected chi connectivity index (χ2v) is 7.78. The molecular weight excluding hydrogens is 414 g/mol. The van der Waals surface area contributed by atoms with Crippen molar-refractivity contribution in [3.05, 3.63) is 61.9 Å². The average molecular weight is 433 g/mol. The second-order valence-electron chi connectivity index (χ2n) is 6.45. The largest absolute Gasteiger partial charge is 0.466 e. The number of hydrogen-bond acceptors (Lipinski definition) is 9. The third kappa shape index (κ3) is 3.41. The zero-order chi connectivity index (χ0) is 22.2. The third-order valence-electron chi connectivity index (χ3n) is 4.70. The molecule has 1 aromatic rings. The number of rotatable bonds is 5. The summed E-state index contributed by atoms with van der Waals surface area (Å²) in [4.78, 5) is 50.1. The molecule has 30 heavy (non-hydrogen) atoms. The van der Waals surface area contributed by atoms with Gasteiger partial charge in [-0.05, 0) is 19.4 Å². The summed E-state index contributed by atoms with van der Waals surface area (Å²) in [5.74, 6) is -3.29. The highest BCUT2D eigenvalue weighted by Crippen LogP contribution is 2.50. The lowest BCUT2D eigenvalue weighted by Gasteiger charge is -2.32. The van der Waals surface area contributed by atoms with E-state index >= 15 is 0 Å². The predicted molar refractivity (Wildman–Crippen MR) is 107 cm³/mol. The number of thioether (sulfide) groups is 1. The number of carbonyl (C=O) groups excluding carboxylic acids is 3. The van der Waals surface area contributed by atoms with Gasteiger partial charge in [-0.2, -0.15) is 0 Å². The van der Waals surface area contributed by atoms with E-state index in [1.165, 1.54) is 24.3 Å². The van der Waals surface area contributed by atoms with E-state index in [0.717, 1.165) is 23.8 Å². The summed E-state index contributed by atoms with van der Waals surface area (Å²) in [7, 11) is 1.14. The number of esters is 2. The minimum atomic E-state index is -1.10. The molecule has 2 heterocycles. The van der Waals surface area contributed by atoms with Gasteiger partial charge in [0.05, 0.1) is 46.0 Å². The molecule has 2 N–H and O–H groups in total. The molecule has 0 aliphatic carbocycles. The van der Waals surface area contributed by atoms with E-state index in [2.05, 4.69) is 0 Å². The summed E-state index contributed by atoms with van der Waals surface area (Å²) in [5.41, 5.74) is 6.10. The zero-order valence-corrected chi connectivity index (χ0v) is 17.2. The molecule has 3 rings (SSSR count). The summed E-state index contributed by atoms with van der Waals surface area (Å²) in [6.45, 7) is 3.32. The van der Waals surface area contributed by atoms with E-state index in [1.807, 2.05) is 0 Å². The molecule has 1 aromatic carbocycles. The first-order valence-corrected chi connectivity index (χ1v) is 9.85. The molecule has 1 saturated heterocycles. The summed E-state index contributed by atoms with van der Waals surface area (Å²) >= 11 is 1.11. The SMILES string of the molecule is CCOC(=O)C1=C2SC(C)C(=O)N2C(N)=C(C(=O)OC)C1c1cccc([N+](=O)[O-])c1. The van der Waals surface area contributed by atoms with Crippen molar-refractivity contribution < 1.29 is 28.8 Å². The molecule has 2 aliphatic heterocycles. The monoisotopic (exact) mass is 433 g/mol. The van der Waals surface area contributed by atoms with Crippen LogP contribution in [0.4, 0.5) is 5.69 Å². The van der Waals surface area contributed by atoms with Crippen molar-refractivity contribution in [1.82, 2.24) is 4.90 Å². The van der Waals surface area contributed by atoms with Crippen molar-refractivity contribution in [3.8, 4) is 0 Å². The molecule has 2 aliphatic rings. The number of nitro groups is 1. The van der Waals surface area contributed by atoms with E-state index in [-0.39, 0.29) is 39.9 Å². The summed E-state index contributed by atoms with van der Waals surface area (Å²) < 4.78 is 10.0. The molecule has 0 bridgehead atoms. The van der Waals surface area contributed by atoms with E-state index in [9.17, 15) is 24.5 Å². The number of ether oxygens (including phenoxy) is 2. The van der Waals surface area contributed by atoms with Crippen LogP contribution in [0.2, 0.25) is 0 Å². The number of nitrogens with zero attached hydrogens (tertiary/aromatic N) is 2. The minimum Gasteiger partial charge on any atom is -0.466 e. The lowest BCUT2D eigenvalue weighted by Crippen LogP contribution is -2.40. The van der Waals surface area contributed by atoms with Crippen LogP contribution in [0.1, 0.15) is 25.3 Å². The first-order valence-electron chi connectivity index (χ1n) is 8.97. The van der Waals surface area contributed by atoms with Gasteiger partial charge in [0.2, 0.25) is 5.91 Å². The van der Waals surface area contributed by atoms with Crippen molar-refractivity contribution in [2.45, 2.75) is 25.0 Å². The Bertz CT molecular complexity index is 1020. The van der Waals surface area contributed by atoms with Gasteiger partial charge in [-0.3, -0.25) is 19.8 Å². The van der Waals surface area contributed by atoms with Crippen LogP contribution in [0.25, 0.3) is 0 Å². The highest BCUT2D eigenvalue weighted by Gasteiger charge is 2.49. The molecule has 1 amide bonds. The smallest absolute Gasteiger partial charge is 0.338 e. The third-order valence-corrected chi connectivity index (χ3v) is 5.88. The lowest BCUT2D eigenvalue weighted by atomic mass is 9.82. The van der Waals surface area contributed by atoms with Gasteiger partial charge in [0.1, 0.15) is 5.82 Å². The van der Waals surface area contributed by atoms with Crippen LogP contribution >= 0.6 is 11.8 Å². The fourth-order valence-corrected chi connectivity index (χ4v) is 4.56. The predicted octanol–water partition coefficient (Wildman–Crippen LogP) is 1.77. The van der Waals surface area contributed by atoms with Crippen LogP contribution in [-0.2, 0) is 23.9 Å². The maximum atomic E-state index is 12.9. The number of nitro benzene ring substituents is 1. The molecule has 2 unspecified atom stereocenters. The van der Waals surface area contributed by atoms with Gasteiger partial charge < -0.3 is 15.2 Å². The number of benzene rings is 1. The molecule has 0 aromatic heterocycles. The summed E-state index contributed by atoms with van der Waals surface area (Å²) in [6.07, 6.45) is 0. The molecule has 0 saturated carbocycles. The lowest BCUT2D eigenvalue weighted by molar-refractivity contribution is -0.384. The van der Waals surface area contributed by atoms with E-state index < -0.39 is 33.9 Å². The van der Waals surface area contributed by atoms with E-state index in [4.69, 9.17) is 15.2 Å². The highest BCUT2D eigenvalue weighted by molar-refractivity contribution is 8.04. The Morgan fingerprint density at radius 1 is 1.30 bits per heavy atom. The Hall–Kier alpha value is -3.34. The zero-order valence-electron chi connectivity index (χ0n) is 16.4. The van der Waals surface area contributed by atoms with E-state index in [1.54, 1.807) is 13.8 Å². The minimum absolute atomic E-state index is 0.00893. The Morgan fingerprint density at radius 3 is 2.60 bits per heavy atom. The Kier molecular flexibility index (Phi) is 5.83. The van der Waals surface area contributed by atoms with Crippen molar-refractivity contribution in [2.75, 3.05) is 13.7 Å². The Balaban J connectivity index is 2.33. The van der Waals surface area contributed by atoms with Crippen LogP contribution < -0.4 is 5.73 Å². The number of hydrogen-bond donors (Lipinski definition) is 1. The van der Waals surface area contributed by atoms with Crippen LogP contribution in [0, 0.1) is 10.1 Å². The molecule has 0 spiro atoms. The average Bonchev–Trinajstić information content (AvgIpc) is 3.01. The Morgan fingerprint density at radius 2 is 2.00 bits per heavy atom. The molecule has 11 heteroatoms. The van der Waals surface area contributed by atoms with Gasteiger partial charge in [0, 0.05) is 12.1 Å². The molecule has 0 radical (unpaired) electrons. The first kappa shape index (κ1) is 21.4. The summed E-state index contributed by atoms with van der Waals surface area (Å²) in [6, 6.07) is 5.51. The Labute approximate surface area is 175 Å². The normalized spacial score (nSPS) is 20.9. The van der Waals surface area contributed by atoms with Gasteiger partial charge in [0.25, 0.3) is 5.69 Å². The van der Waals surface area contributed by atoms with Gasteiger partial charge in [0.15, 0.2) is 0 Å². The number of fused-ring (bicyclic) bond motifs is 1. The molecule has 1 fully saturated rings. The van der Waals surface area contributed by atoms with Crippen LogP contribution in [0.5, 0.6) is 0 Å². The molecule has 2 atom stereocenters. The first-order chi connectivity index (χ1) is 14.2. The van der Waals surface area contributed by atoms with Crippen LogP contribution in [-0.4, -0.2) is 46.6 Å². The standard InChI is InChI=1S/C19H19N3O7S/c1-4-29-19(25)14-12(10-6-5-7-11(8-10)22(26)27)13(18(24)28-3)15(20)21-16(23)9(2)30-17(14)21/h5-9,12H,4,20H2,1-3H3. The number of carbonyl (C=O) groups is 3. The number of nitrogens with two attached hydrogens (primary N) is 1. The molecule has 158 valence electrons. The maximum absolute atomic E-state index is 12.9. The van der Waals surface area contributed by atoms with Gasteiger partial charge in [-0.25, -0.2) is 9.59 Å². The molecule has 10 nitrogen and oxygen atoms in total. The quantitative estimate of drug-likeness (QED) is 0.417. The number of methoxy groups -OCH3 is 1. The van der Waals surface area contributed by atoms with Crippen LogP contribution in [0.15, 0.2) is 46.3 Å². The molecular formula is C19H19N3O7S. The topological polar surface area (TPSA) is 142 Å². The number of amides is 1. The fraction of sp³-hybridized carbons (Fsp3) is 0.316. The van der Waals surface area contributed by atoms with Crippen molar-refractivity contribution >= 4 is 35.3 Å². The second kappa shape index (κ2) is 8.19. The number of non-ortho nitro benzene ring substituents is 1. The van der Waals surface area contributed by atoms with Crippen molar-refractivity contribution in [3.63, 3.8) is 0 Å². The van der Waals surface area contributed by atoms with E-state index in [0.29, 0.717) is 0 Å². The van der Waals surface area contributed by atoms with Gasteiger partial charge in [-0.15, -0.1) is 0 Å². The van der Waals surface area contributed by atoms with Gasteiger partial charge >= 0.3 is 11.9 Å².